The van der Waals surface area contributed by atoms with Crippen molar-refractivity contribution < 1.29 is 9.90 Å². The summed E-state index contributed by atoms with van der Waals surface area (Å²) in [5, 5.41) is 12.0. The van der Waals surface area contributed by atoms with Gasteiger partial charge in [-0.1, -0.05) is 6.42 Å². The van der Waals surface area contributed by atoms with E-state index >= 15 is 0 Å². The SMILES string of the molecule is O=C(CC1CCC1)NCC1(CO)CC1. The summed E-state index contributed by atoms with van der Waals surface area (Å²) in [5.41, 5.74) is 0.0509. The van der Waals surface area contributed by atoms with Gasteiger partial charge in [-0.05, 0) is 31.6 Å². The largest absolute Gasteiger partial charge is 0.396 e. The number of hydrogen-bond acceptors (Lipinski definition) is 2. The normalized spacial score (nSPS) is 24.1. The fraction of sp³-hybridized carbons (Fsp3) is 0.909. The van der Waals surface area contributed by atoms with Crippen molar-refractivity contribution in [3.05, 3.63) is 0 Å². The zero-order chi connectivity index (χ0) is 10.0. The Bertz CT molecular complexity index is 219. The Morgan fingerprint density at radius 1 is 1.43 bits per heavy atom. The maximum Gasteiger partial charge on any atom is 0.220 e. The smallest absolute Gasteiger partial charge is 0.220 e. The zero-order valence-electron chi connectivity index (χ0n) is 8.59. The van der Waals surface area contributed by atoms with Crippen molar-refractivity contribution >= 4 is 5.91 Å². The highest BCUT2D eigenvalue weighted by Gasteiger charge is 2.42. The highest BCUT2D eigenvalue weighted by atomic mass is 16.3. The van der Waals surface area contributed by atoms with Gasteiger partial charge in [0.2, 0.25) is 5.91 Å². The third-order valence-corrected chi connectivity index (χ3v) is 3.65. The van der Waals surface area contributed by atoms with E-state index < -0.39 is 0 Å². The monoisotopic (exact) mass is 197 g/mol. The molecule has 0 aromatic heterocycles. The summed E-state index contributed by atoms with van der Waals surface area (Å²) in [5.74, 6) is 0.814. The van der Waals surface area contributed by atoms with E-state index in [4.69, 9.17) is 5.11 Å². The number of amides is 1. The molecule has 14 heavy (non-hydrogen) atoms. The molecule has 0 atom stereocenters. The van der Waals surface area contributed by atoms with E-state index in [1.165, 1.54) is 19.3 Å². The predicted octanol–water partition coefficient (Wildman–Crippen LogP) is 1.07. The molecule has 0 spiro atoms. The minimum absolute atomic E-state index is 0.0509. The number of aliphatic hydroxyl groups is 1. The Morgan fingerprint density at radius 2 is 2.14 bits per heavy atom. The van der Waals surface area contributed by atoms with Crippen molar-refractivity contribution in [2.45, 2.75) is 38.5 Å². The van der Waals surface area contributed by atoms with E-state index in [1.807, 2.05) is 0 Å². The minimum atomic E-state index is 0.0509. The Balaban J connectivity index is 1.62. The molecule has 0 heterocycles. The van der Waals surface area contributed by atoms with Crippen molar-refractivity contribution in [1.82, 2.24) is 5.32 Å². The van der Waals surface area contributed by atoms with Gasteiger partial charge < -0.3 is 10.4 Å². The summed E-state index contributed by atoms with van der Waals surface area (Å²) in [6, 6.07) is 0. The average molecular weight is 197 g/mol. The van der Waals surface area contributed by atoms with Crippen LogP contribution in [0.2, 0.25) is 0 Å². The molecule has 0 aliphatic heterocycles. The molecular weight excluding hydrogens is 178 g/mol. The van der Waals surface area contributed by atoms with Crippen LogP contribution in [0.3, 0.4) is 0 Å². The number of rotatable bonds is 5. The third-order valence-electron chi connectivity index (χ3n) is 3.65. The van der Waals surface area contributed by atoms with Crippen LogP contribution in [0.1, 0.15) is 38.5 Å². The van der Waals surface area contributed by atoms with Crippen molar-refractivity contribution in [2.24, 2.45) is 11.3 Å². The van der Waals surface area contributed by atoms with Crippen LogP contribution in [0.25, 0.3) is 0 Å². The molecule has 2 saturated carbocycles. The quantitative estimate of drug-likeness (QED) is 0.692. The van der Waals surface area contributed by atoms with Crippen LogP contribution in [-0.4, -0.2) is 24.2 Å². The van der Waals surface area contributed by atoms with Gasteiger partial charge in [0, 0.05) is 18.4 Å². The lowest BCUT2D eigenvalue weighted by Gasteiger charge is -2.24. The number of carbonyl (C=O) groups is 1. The molecule has 0 aromatic rings. The molecule has 2 aliphatic carbocycles. The summed E-state index contributed by atoms with van der Waals surface area (Å²) in [6.07, 6.45) is 6.55. The maximum atomic E-state index is 11.4. The third kappa shape index (κ3) is 2.27. The summed E-state index contributed by atoms with van der Waals surface area (Å²) in [7, 11) is 0. The van der Waals surface area contributed by atoms with Crippen LogP contribution in [0, 0.1) is 11.3 Å². The molecule has 2 rings (SSSR count). The van der Waals surface area contributed by atoms with Crippen LogP contribution < -0.4 is 5.32 Å². The van der Waals surface area contributed by atoms with Gasteiger partial charge in [0.1, 0.15) is 0 Å². The second-order valence-electron chi connectivity index (χ2n) is 4.94. The molecular formula is C11H19NO2. The molecule has 0 aromatic carbocycles. The van der Waals surface area contributed by atoms with Crippen LogP contribution in [0.15, 0.2) is 0 Å². The Morgan fingerprint density at radius 3 is 2.57 bits per heavy atom. The van der Waals surface area contributed by atoms with E-state index in [0.29, 0.717) is 18.9 Å². The first-order valence-electron chi connectivity index (χ1n) is 5.62. The van der Waals surface area contributed by atoms with E-state index in [-0.39, 0.29) is 17.9 Å². The van der Waals surface area contributed by atoms with Crippen molar-refractivity contribution in [1.29, 1.82) is 0 Å². The molecule has 2 N–H and O–H groups in total. The molecule has 0 bridgehead atoms. The summed E-state index contributed by atoms with van der Waals surface area (Å²) >= 11 is 0. The second kappa shape index (κ2) is 3.89. The summed E-state index contributed by atoms with van der Waals surface area (Å²) in [6.45, 7) is 0.895. The van der Waals surface area contributed by atoms with E-state index in [0.717, 1.165) is 12.8 Å². The van der Waals surface area contributed by atoms with Gasteiger partial charge in [-0.2, -0.15) is 0 Å². The molecule has 3 heteroatoms. The van der Waals surface area contributed by atoms with Crippen LogP contribution >= 0.6 is 0 Å². The van der Waals surface area contributed by atoms with Crippen LogP contribution in [-0.2, 0) is 4.79 Å². The van der Waals surface area contributed by atoms with Crippen molar-refractivity contribution in [2.75, 3.05) is 13.2 Å². The Kier molecular flexibility index (Phi) is 2.77. The van der Waals surface area contributed by atoms with Crippen LogP contribution in [0.5, 0.6) is 0 Å². The van der Waals surface area contributed by atoms with Gasteiger partial charge in [0.25, 0.3) is 0 Å². The number of hydrogen-bond donors (Lipinski definition) is 2. The van der Waals surface area contributed by atoms with E-state index in [9.17, 15) is 4.79 Å². The number of nitrogens with one attached hydrogen (secondary N) is 1. The summed E-state index contributed by atoms with van der Waals surface area (Å²) in [4.78, 5) is 11.4. The first-order valence-corrected chi connectivity index (χ1v) is 5.62. The van der Waals surface area contributed by atoms with Crippen LogP contribution in [0.4, 0.5) is 0 Å². The van der Waals surface area contributed by atoms with Gasteiger partial charge >= 0.3 is 0 Å². The molecule has 80 valence electrons. The maximum absolute atomic E-state index is 11.4. The topological polar surface area (TPSA) is 49.3 Å². The van der Waals surface area contributed by atoms with Gasteiger partial charge in [0.15, 0.2) is 0 Å². The van der Waals surface area contributed by atoms with Crippen molar-refractivity contribution in [3.63, 3.8) is 0 Å². The highest BCUT2D eigenvalue weighted by Crippen LogP contribution is 2.44. The average Bonchev–Trinajstić information content (AvgIpc) is 2.89. The molecule has 0 unspecified atom stereocenters. The Hall–Kier alpha value is -0.570. The fourth-order valence-corrected chi connectivity index (χ4v) is 1.88. The lowest BCUT2D eigenvalue weighted by molar-refractivity contribution is -0.122. The van der Waals surface area contributed by atoms with Gasteiger partial charge in [-0.15, -0.1) is 0 Å². The van der Waals surface area contributed by atoms with Gasteiger partial charge in [-0.3, -0.25) is 4.79 Å². The highest BCUT2D eigenvalue weighted by molar-refractivity contribution is 5.76. The predicted molar refractivity (Wildman–Crippen MR) is 53.7 cm³/mol. The number of carbonyl (C=O) groups excluding carboxylic acids is 1. The van der Waals surface area contributed by atoms with E-state index in [2.05, 4.69) is 5.32 Å². The van der Waals surface area contributed by atoms with Gasteiger partial charge in [0.05, 0.1) is 6.61 Å². The molecule has 0 saturated heterocycles. The fourth-order valence-electron chi connectivity index (χ4n) is 1.88. The lowest BCUT2D eigenvalue weighted by Crippen LogP contribution is -2.33. The lowest BCUT2D eigenvalue weighted by atomic mass is 9.83. The molecule has 0 radical (unpaired) electrons. The standard InChI is InChI=1S/C11H19NO2/c13-8-11(4-5-11)7-12-10(14)6-9-2-1-3-9/h9,13H,1-8H2,(H,12,14). The molecule has 2 fully saturated rings. The molecule has 3 nitrogen and oxygen atoms in total. The second-order valence-corrected chi connectivity index (χ2v) is 4.94. The molecule has 2 aliphatic rings. The summed E-state index contributed by atoms with van der Waals surface area (Å²) < 4.78 is 0. The number of aliphatic hydroxyl groups excluding tert-OH is 1. The van der Waals surface area contributed by atoms with Gasteiger partial charge in [-0.25, -0.2) is 0 Å². The zero-order valence-corrected chi connectivity index (χ0v) is 8.59. The Labute approximate surface area is 84.9 Å². The van der Waals surface area contributed by atoms with E-state index in [1.54, 1.807) is 0 Å². The van der Waals surface area contributed by atoms with Crippen molar-refractivity contribution in [3.8, 4) is 0 Å². The molecule has 1 amide bonds. The first kappa shape index (κ1) is 9.97. The minimum Gasteiger partial charge on any atom is -0.396 e. The first-order chi connectivity index (χ1) is 6.74.